The highest BCUT2D eigenvalue weighted by Crippen LogP contribution is 2.43. The second-order valence-electron chi connectivity index (χ2n) is 6.84. The van der Waals surface area contributed by atoms with E-state index in [1.165, 1.54) is 51.4 Å². The van der Waals surface area contributed by atoms with Crippen molar-refractivity contribution in [2.75, 3.05) is 13.1 Å². The predicted molar refractivity (Wildman–Crippen MR) is 81.3 cm³/mol. The highest BCUT2D eigenvalue weighted by atomic mass is 79.9. The molecule has 0 aromatic rings. The number of carbonyl (C=O) groups is 1. The number of nitrogens with zero attached hydrogens (tertiary/aromatic N) is 1. The number of fused-ring (bicyclic) bond motifs is 1. The van der Waals surface area contributed by atoms with E-state index < -0.39 is 0 Å². The molecular weight excluding hydrogens is 302 g/mol. The Labute approximate surface area is 125 Å². The first kappa shape index (κ1) is 13.9. The fourth-order valence-electron chi connectivity index (χ4n) is 4.48. The van der Waals surface area contributed by atoms with Crippen LogP contribution in [0, 0.1) is 17.8 Å². The minimum absolute atomic E-state index is 0.345. The van der Waals surface area contributed by atoms with Crippen molar-refractivity contribution in [1.82, 2.24) is 4.90 Å². The molecule has 3 heteroatoms. The van der Waals surface area contributed by atoms with Crippen LogP contribution in [-0.4, -0.2) is 28.7 Å². The summed E-state index contributed by atoms with van der Waals surface area (Å²) in [5, 5.41) is 0. The van der Waals surface area contributed by atoms with Crippen molar-refractivity contribution in [2.24, 2.45) is 17.8 Å². The summed E-state index contributed by atoms with van der Waals surface area (Å²) < 4.78 is 0. The zero-order valence-corrected chi connectivity index (χ0v) is 13.4. The van der Waals surface area contributed by atoms with E-state index in [2.05, 4.69) is 20.8 Å². The van der Waals surface area contributed by atoms with E-state index >= 15 is 0 Å². The van der Waals surface area contributed by atoms with Crippen molar-refractivity contribution < 1.29 is 4.79 Å². The van der Waals surface area contributed by atoms with Crippen LogP contribution >= 0.6 is 15.9 Å². The largest absolute Gasteiger partial charge is 0.341 e. The number of hydrogen-bond donors (Lipinski definition) is 0. The molecule has 2 saturated carbocycles. The van der Waals surface area contributed by atoms with Crippen LogP contribution in [0.4, 0.5) is 0 Å². The number of likely N-dealkylation sites (tertiary alicyclic amines) is 1. The van der Waals surface area contributed by atoms with E-state index in [0.717, 1.165) is 31.3 Å². The van der Waals surface area contributed by atoms with Crippen molar-refractivity contribution in [2.45, 2.75) is 62.6 Å². The van der Waals surface area contributed by atoms with Crippen LogP contribution in [0.1, 0.15) is 57.8 Å². The molecule has 108 valence electrons. The number of alkyl halides is 1. The summed E-state index contributed by atoms with van der Waals surface area (Å²) in [6.45, 7) is 1.93. The molecule has 0 aromatic heterocycles. The van der Waals surface area contributed by atoms with Gasteiger partial charge >= 0.3 is 0 Å². The van der Waals surface area contributed by atoms with E-state index in [0.29, 0.717) is 16.7 Å². The number of carbonyl (C=O) groups excluding carboxylic acids is 1. The molecule has 2 nitrogen and oxygen atoms in total. The van der Waals surface area contributed by atoms with Crippen molar-refractivity contribution in [3.8, 4) is 0 Å². The lowest BCUT2D eigenvalue weighted by Crippen LogP contribution is -2.45. The van der Waals surface area contributed by atoms with Gasteiger partial charge in [0.15, 0.2) is 0 Å². The van der Waals surface area contributed by atoms with Crippen LogP contribution in [-0.2, 0) is 4.79 Å². The average Bonchev–Trinajstić information content (AvgIpc) is 2.46. The van der Waals surface area contributed by atoms with Gasteiger partial charge in [0.05, 0.1) is 0 Å². The van der Waals surface area contributed by atoms with Gasteiger partial charge in [0.25, 0.3) is 0 Å². The van der Waals surface area contributed by atoms with Gasteiger partial charge in [0, 0.05) is 23.8 Å². The Bertz CT molecular complexity index is 333. The van der Waals surface area contributed by atoms with Gasteiger partial charge in [0.2, 0.25) is 5.91 Å². The molecule has 0 bridgehead atoms. The van der Waals surface area contributed by atoms with Crippen LogP contribution in [0.25, 0.3) is 0 Å². The lowest BCUT2D eigenvalue weighted by atomic mass is 9.67. The maximum atomic E-state index is 12.7. The highest BCUT2D eigenvalue weighted by molar-refractivity contribution is 9.09. The fourth-order valence-corrected chi connectivity index (χ4v) is 5.15. The zero-order valence-electron chi connectivity index (χ0n) is 11.8. The van der Waals surface area contributed by atoms with Crippen molar-refractivity contribution in [1.29, 1.82) is 0 Å². The molecule has 1 saturated heterocycles. The van der Waals surface area contributed by atoms with Crippen LogP contribution in [0.3, 0.4) is 0 Å². The third-order valence-electron chi connectivity index (χ3n) is 5.56. The number of rotatable bonds is 1. The first-order valence-corrected chi connectivity index (χ1v) is 9.08. The monoisotopic (exact) mass is 327 g/mol. The molecule has 4 atom stereocenters. The van der Waals surface area contributed by atoms with Crippen molar-refractivity contribution >= 4 is 21.8 Å². The fraction of sp³-hybridized carbons (Fsp3) is 0.938. The normalized spacial score (nSPS) is 39.7. The van der Waals surface area contributed by atoms with Crippen molar-refractivity contribution in [3.63, 3.8) is 0 Å². The SMILES string of the molecule is O=C(C1CCC2CCCCC2C1)N1CCCC(Br)C1. The first-order chi connectivity index (χ1) is 9.24. The van der Waals surface area contributed by atoms with Gasteiger partial charge in [-0.3, -0.25) is 4.79 Å². The molecule has 19 heavy (non-hydrogen) atoms. The molecule has 3 rings (SSSR count). The van der Waals surface area contributed by atoms with Gasteiger partial charge in [0.1, 0.15) is 0 Å². The topological polar surface area (TPSA) is 20.3 Å². The lowest BCUT2D eigenvalue weighted by molar-refractivity contribution is -0.138. The molecule has 0 spiro atoms. The molecular formula is C16H26BrNO. The van der Waals surface area contributed by atoms with E-state index in [9.17, 15) is 4.79 Å². The Kier molecular flexibility index (Phi) is 4.51. The molecule has 4 unspecified atom stereocenters. The molecule has 1 amide bonds. The number of piperidine rings is 1. The van der Waals surface area contributed by atoms with Gasteiger partial charge < -0.3 is 4.90 Å². The minimum atomic E-state index is 0.345. The van der Waals surface area contributed by atoms with Gasteiger partial charge in [-0.25, -0.2) is 0 Å². The van der Waals surface area contributed by atoms with Crippen LogP contribution < -0.4 is 0 Å². The van der Waals surface area contributed by atoms with Gasteiger partial charge in [-0.05, 0) is 43.9 Å². The summed E-state index contributed by atoms with van der Waals surface area (Å²) in [6, 6.07) is 0. The molecule has 3 fully saturated rings. The Morgan fingerprint density at radius 3 is 2.53 bits per heavy atom. The average molecular weight is 328 g/mol. The Balaban J connectivity index is 1.58. The van der Waals surface area contributed by atoms with E-state index in [1.807, 2.05) is 0 Å². The van der Waals surface area contributed by atoms with E-state index in [4.69, 9.17) is 0 Å². The maximum Gasteiger partial charge on any atom is 0.225 e. The summed E-state index contributed by atoms with van der Waals surface area (Å²) in [5.41, 5.74) is 0. The summed E-state index contributed by atoms with van der Waals surface area (Å²) in [6.07, 6.45) is 11.7. The van der Waals surface area contributed by atoms with Gasteiger partial charge in [-0.15, -0.1) is 0 Å². The lowest BCUT2D eigenvalue weighted by Gasteiger charge is -2.41. The summed E-state index contributed by atoms with van der Waals surface area (Å²) in [4.78, 5) is 15.3. The standard InChI is InChI=1S/C16H26BrNO/c17-15-6-3-9-18(11-15)16(19)14-8-7-12-4-1-2-5-13(12)10-14/h12-15H,1-11H2. The summed E-state index contributed by atoms with van der Waals surface area (Å²) in [5.74, 6) is 2.62. The van der Waals surface area contributed by atoms with Crippen LogP contribution in [0.5, 0.6) is 0 Å². The van der Waals surface area contributed by atoms with E-state index in [-0.39, 0.29) is 0 Å². The molecule has 0 aromatic carbocycles. The predicted octanol–water partition coefficient (Wildman–Crippen LogP) is 3.98. The molecule has 2 aliphatic carbocycles. The molecule has 0 radical (unpaired) electrons. The third kappa shape index (κ3) is 3.17. The Morgan fingerprint density at radius 1 is 0.947 bits per heavy atom. The van der Waals surface area contributed by atoms with Gasteiger partial charge in [-0.1, -0.05) is 41.6 Å². The van der Waals surface area contributed by atoms with E-state index in [1.54, 1.807) is 0 Å². The smallest absolute Gasteiger partial charge is 0.225 e. The molecule has 3 aliphatic rings. The molecule has 1 aliphatic heterocycles. The summed E-state index contributed by atoms with van der Waals surface area (Å²) >= 11 is 3.68. The van der Waals surface area contributed by atoms with Crippen molar-refractivity contribution in [3.05, 3.63) is 0 Å². The molecule has 0 N–H and O–H groups in total. The second-order valence-corrected chi connectivity index (χ2v) is 8.13. The Hall–Kier alpha value is -0.0500. The minimum Gasteiger partial charge on any atom is -0.341 e. The maximum absolute atomic E-state index is 12.7. The first-order valence-electron chi connectivity index (χ1n) is 8.17. The third-order valence-corrected chi connectivity index (χ3v) is 6.31. The second kappa shape index (κ2) is 6.15. The molecule has 1 heterocycles. The quantitative estimate of drug-likeness (QED) is 0.667. The number of hydrogen-bond acceptors (Lipinski definition) is 1. The number of amides is 1. The van der Waals surface area contributed by atoms with Crippen LogP contribution in [0.2, 0.25) is 0 Å². The highest BCUT2D eigenvalue weighted by Gasteiger charge is 2.37. The van der Waals surface area contributed by atoms with Gasteiger partial charge in [-0.2, -0.15) is 0 Å². The zero-order chi connectivity index (χ0) is 13.2. The Morgan fingerprint density at radius 2 is 1.74 bits per heavy atom. The number of halogens is 1. The summed E-state index contributed by atoms with van der Waals surface area (Å²) in [7, 11) is 0. The van der Waals surface area contributed by atoms with Crippen LogP contribution in [0.15, 0.2) is 0 Å².